The largest absolute Gasteiger partial charge is 0.395 e. The van der Waals surface area contributed by atoms with Crippen LogP contribution in [-0.2, 0) is 4.79 Å². The van der Waals surface area contributed by atoms with Gasteiger partial charge in [-0.1, -0.05) is 17.7 Å². The second-order valence-corrected chi connectivity index (χ2v) is 5.03. The average Bonchev–Trinajstić information content (AvgIpc) is 2.47. The third-order valence-electron chi connectivity index (χ3n) is 3.27. The summed E-state index contributed by atoms with van der Waals surface area (Å²) < 4.78 is 0. The van der Waals surface area contributed by atoms with E-state index in [4.69, 9.17) is 16.7 Å². The minimum Gasteiger partial charge on any atom is -0.395 e. The number of nitrogens with zero attached hydrogens (tertiary/aromatic N) is 3. The van der Waals surface area contributed by atoms with Crippen LogP contribution >= 0.6 is 11.6 Å². The Balaban J connectivity index is 1.85. The van der Waals surface area contributed by atoms with Crippen LogP contribution in [0, 0.1) is 0 Å². The summed E-state index contributed by atoms with van der Waals surface area (Å²) in [6.45, 7) is 3.85. The van der Waals surface area contributed by atoms with E-state index < -0.39 is 0 Å². The standard InChI is InChI=1S/C14H18ClN3O2/c15-13-3-1-12(11-16-13)2-4-14(20)18-7-5-17(6-8-18)9-10-19/h1-4,11,19H,5-10H2/b4-2+. The normalized spacial score (nSPS) is 16.8. The van der Waals surface area contributed by atoms with Crippen molar-refractivity contribution < 1.29 is 9.90 Å². The number of carbonyl (C=O) groups is 1. The molecule has 0 bridgehead atoms. The molecule has 1 aliphatic heterocycles. The maximum atomic E-state index is 12.0. The molecule has 1 saturated heterocycles. The molecule has 0 aliphatic carbocycles. The van der Waals surface area contributed by atoms with E-state index >= 15 is 0 Å². The number of hydrogen-bond acceptors (Lipinski definition) is 4. The van der Waals surface area contributed by atoms with E-state index in [0.29, 0.717) is 24.8 Å². The Labute approximate surface area is 123 Å². The molecule has 5 nitrogen and oxygen atoms in total. The van der Waals surface area contributed by atoms with Crippen LogP contribution in [0.1, 0.15) is 5.56 Å². The molecular formula is C14H18ClN3O2. The fourth-order valence-corrected chi connectivity index (χ4v) is 2.20. The first-order valence-corrected chi connectivity index (χ1v) is 6.98. The van der Waals surface area contributed by atoms with Crippen LogP contribution in [0.15, 0.2) is 24.4 Å². The predicted molar refractivity (Wildman–Crippen MR) is 78.4 cm³/mol. The van der Waals surface area contributed by atoms with Crippen molar-refractivity contribution in [2.75, 3.05) is 39.3 Å². The van der Waals surface area contributed by atoms with Crippen LogP contribution in [-0.4, -0.2) is 65.1 Å². The number of amides is 1. The molecule has 0 unspecified atom stereocenters. The zero-order valence-corrected chi connectivity index (χ0v) is 12.0. The minimum atomic E-state index is 0.00333. The third-order valence-corrected chi connectivity index (χ3v) is 3.49. The second-order valence-electron chi connectivity index (χ2n) is 4.64. The topological polar surface area (TPSA) is 56.7 Å². The van der Waals surface area contributed by atoms with E-state index in [1.807, 2.05) is 11.0 Å². The van der Waals surface area contributed by atoms with Crippen molar-refractivity contribution in [3.63, 3.8) is 0 Å². The highest BCUT2D eigenvalue weighted by molar-refractivity contribution is 6.29. The van der Waals surface area contributed by atoms with Gasteiger partial charge in [0.2, 0.25) is 5.91 Å². The summed E-state index contributed by atoms with van der Waals surface area (Å²) in [5.41, 5.74) is 0.849. The number of aromatic nitrogens is 1. The monoisotopic (exact) mass is 295 g/mol. The fourth-order valence-electron chi connectivity index (χ4n) is 2.09. The molecule has 1 aliphatic rings. The highest BCUT2D eigenvalue weighted by Crippen LogP contribution is 2.08. The van der Waals surface area contributed by atoms with Gasteiger partial charge in [0.05, 0.1) is 6.61 Å². The molecule has 108 valence electrons. The lowest BCUT2D eigenvalue weighted by molar-refractivity contribution is -0.127. The van der Waals surface area contributed by atoms with Gasteiger partial charge >= 0.3 is 0 Å². The molecule has 2 rings (SSSR count). The van der Waals surface area contributed by atoms with Crippen LogP contribution in [0.4, 0.5) is 0 Å². The summed E-state index contributed by atoms with van der Waals surface area (Å²) >= 11 is 5.70. The quantitative estimate of drug-likeness (QED) is 0.662. The molecule has 1 N–H and O–H groups in total. The molecule has 0 aromatic carbocycles. The lowest BCUT2D eigenvalue weighted by Gasteiger charge is -2.33. The molecule has 1 aromatic heterocycles. The van der Waals surface area contributed by atoms with Crippen molar-refractivity contribution in [1.29, 1.82) is 0 Å². The number of carbonyl (C=O) groups excluding carboxylic acids is 1. The van der Waals surface area contributed by atoms with Gasteiger partial charge in [0.1, 0.15) is 5.15 Å². The predicted octanol–water partition coefficient (Wildman–Crippen LogP) is 0.885. The minimum absolute atomic E-state index is 0.00333. The van der Waals surface area contributed by atoms with Gasteiger partial charge in [0.15, 0.2) is 0 Å². The number of rotatable bonds is 4. The van der Waals surface area contributed by atoms with Gasteiger partial charge in [0.25, 0.3) is 0 Å². The fraction of sp³-hybridized carbons (Fsp3) is 0.429. The number of β-amino-alcohol motifs (C(OH)–C–C–N with tert-alkyl or cyclic N) is 1. The number of halogens is 1. The van der Waals surface area contributed by atoms with Crippen LogP contribution in [0.5, 0.6) is 0 Å². The summed E-state index contributed by atoms with van der Waals surface area (Å²) in [6.07, 6.45) is 4.93. The highest BCUT2D eigenvalue weighted by atomic mass is 35.5. The molecule has 0 radical (unpaired) electrons. The first kappa shape index (κ1) is 15.0. The zero-order chi connectivity index (χ0) is 14.4. The molecule has 1 aromatic rings. The summed E-state index contributed by atoms with van der Waals surface area (Å²) in [5, 5.41) is 9.31. The Morgan fingerprint density at radius 2 is 2.10 bits per heavy atom. The van der Waals surface area contributed by atoms with Gasteiger partial charge in [-0.2, -0.15) is 0 Å². The van der Waals surface area contributed by atoms with Gasteiger partial charge in [-0.25, -0.2) is 4.98 Å². The van der Waals surface area contributed by atoms with Gasteiger partial charge in [-0.3, -0.25) is 9.69 Å². The smallest absolute Gasteiger partial charge is 0.246 e. The summed E-state index contributed by atoms with van der Waals surface area (Å²) in [4.78, 5) is 19.9. The van der Waals surface area contributed by atoms with Gasteiger partial charge in [-0.15, -0.1) is 0 Å². The van der Waals surface area contributed by atoms with Crippen molar-refractivity contribution in [1.82, 2.24) is 14.8 Å². The van der Waals surface area contributed by atoms with E-state index in [9.17, 15) is 4.79 Å². The van der Waals surface area contributed by atoms with E-state index in [0.717, 1.165) is 18.7 Å². The summed E-state index contributed by atoms with van der Waals surface area (Å²) in [7, 11) is 0. The first-order valence-electron chi connectivity index (χ1n) is 6.61. The van der Waals surface area contributed by atoms with Gasteiger partial charge in [0, 0.05) is 45.0 Å². The number of aliphatic hydroxyl groups is 1. The maximum absolute atomic E-state index is 12.0. The third kappa shape index (κ3) is 4.30. The van der Waals surface area contributed by atoms with E-state index in [1.54, 1.807) is 24.4 Å². The Morgan fingerprint density at radius 3 is 2.70 bits per heavy atom. The number of piperazine rings is 1. The Kier molecular flexibility index (Phi) is 5.52. The number of hydrogen-bond donors (Lipinski definition) is 1. The molecule has 6 heteroatoms. The maximum Gasteiger partial charge on any atom is 0.246 e. The van der Waals surface area contributed by atoms with Gasteiger partial charge in [-0.05, 0) is 17.7 Å². The van der Waals surface area contributed by atoms with Crippen molar-refractivity contribution in [2.24, 2.45) is 0 Å². The lowest BCUT2D eigenvalue weighted by atomic mass is 10.2. The lowest BCUT2D eigenvalue weighted by Crippen LogP contribution is -2.48. The zero-order valence-electron chi connectivity index (χ0n) is 11.2. The molecule has 1 fully saturated rings. The second kappa shape index (κ2) is 7.38. The summed E-state index contributed by atoms with van der Waals surface area (Å²) in [6, 6.07) is 3.51. The molecule has 20 heavy (non-hydrogen) atoms. The van der Waals surface area contributed by atoms with Crippen molar-refractivity contribution >= 4 is 23.6 Å². The van der Waals surface area contributed by atoms with Crippen LogP contribution in [0.2, 0.25) is 5.15 Å². The van der Waals surface area contributed by atoms with Crippen molar-refractivity contribution in [3.8, 4) is 0 Å². The van der Waals surface area contributed by atoms with Crippen LogP contribution < -0.4 is 0 Å². The molecule has 2 heterocycles. The molecule has 0 atom stereocenters. The van der Waals surface area contributed by atoms with Crippen LogP contribution in [0.25, 0.3) is 6.08 Å². The van der Waals surface area contributed by atoms with E-state index in [-0.39, 0.29) is 12.5 Å². The first-order chi connectivity index (χ1) is 9.69. The Bertz CT molecular complexity index is 468. The van der Waals surface area contributed by atoms with Crippen molar-refractivity contribution in [2.45, 2.75) is 0 Å². The SMILES string of the molecule is O=C(/C=C/c1ccc(Cl)nc1)N1CCN(CCO)CC1. The number of pyridine rings is 1. The molecular weight excluding hydrogens is 278 g/mol. The Morgan fingerprint density at radius 1 is 1.35 bits per heavy atom. The molecule has 0 saturated carbocycles. The van der Waals surface area contributed by atoms with Crippen molar-refractivity contribution in [3.05, 3.63) is 35.1 Å². The van der Waals surface area contributed by atoms with E-state index in [2.05, 4.69) is 9.88 Å². The van der Waals surface area contributed by atoms with E-state index in [1.165, 1.54) is 0 Å². The highest BCUT2D eigenvalue weighted by Gasteiger charge is 2.18. The molecule has 1 amide bonds. The number of aliphatic hydroxyl groups excluding tert-OH is 1. The van der Waals surface area contributed by atoms with Gasteiger partial charge < -0.3 is 10.0 Å². The summed E-state index contributed by atoms with van der Waals surface area (Å²) in [5.74, 6) is 0.00333. The van der Waals surface area contributed by atoms with Crippen LogP contribution in [0.3, 0.4) is 0 Å². The average molecular weight is 296 g/mol. The Hall–Kier alpha value is -1.43. The molecule has 0 spiro atoms.